The Hall–Kier alpha value is -3.37. The SMILES string of the molecule is CCOC(=O)Cc1csc(NC(=O)C(C)Sc2ccc(NC(=O)c3cccc(OC)c3)cc2)n1. The molecule has 34 heavy (non-hydrogen) atoms. The van der Waals surface area contributed by atoms with Crippen LogP contribution in [-0.2, 0) is 20.7 Å². The summed E-state index contributed by atoms with van der Waals surface area (Å²) < 4.78 is 10.1. The molecule has 8 nitrogen and oxygen atoms in total. The fourth-order valence-electron chi connectivity index (χ4n) is 2.85. The number of nitrogens with one attached hydrogen (secondary N) is 2. The molecule has 3 rings (SSSR count). The molecule has 0 spiro atoms. The summed E-state index contributed by atoms with van der Waals surface area (Å²) in [6, 6.07) is 14.2. The highest BCUT2D eigenvalue weighted by atomic mass is 32.2. The number of thioether (sulfide) groups is 1. The summed E-state index contributed by atoms with van der Waals surface area (Å²) in [6.45, 7) is 3.86. The maximum Gasteiger partial charge on any atom is 0.311 e. The molecule has 0 aliphatic carbocycles. The third-order valence-electron chi connectivity index (χ3n) is 4.54. The van der Waals surface area contributed by atoms with Crippen LogP contribution in [0.15, 0.2) is 58.8 Å². The van der Waals surface area contributed by atoms with Gasteiger partial charge in [-0.15, -0.1) is 23.1 Å². The van der Waals surface area contributed by atoms with Crippen LogP contribution in [0.4, 0.5) is 10.8 Å². The van der Waals surface area contributed by atoms with Crippen LogP contribution in [0.25, 0.3) is 0 Å². The predicted octanol–water partition coefficient (Wildman–Crippen LogP) is 4.63. The van der Waals surface area contributed by atoms with Crippen LogP contribution in [0.1, 0.15) is 29.9 Å². The first-order valence-electron chi connectivity index (χ1n) is 10.5. The lowest BCUT2D eigenvalue weighted by atomic mass is 10.2. The summed E-state index contributed by atoms with van der Waals surface area (Å²) in [5.41, 5.74) is 1.70. The third kappa shape index (κ3) is 7.32. The van der Waals surface area contributed by atoms with Gasteiger partial charge >= 0.3 is 5.97 Å². The molecule has 1 aromatic heterocycles. The number of carbonyl (C=O) groups excluding carboxylic acids is 3. The van der Waals surface area contributed by atoms with E-state index < -0.39 is 0 Å². The lowest BCUT2D eigenvalue weighted by molar-refractivity contribution is -0.142. The Morgan fingerprint density at radius 2 is 1.88 bits per heavy atom. The lowest BCUT2D eigenvalue weighted by Gasteiger charge is -2.11. The van der Waals surface area contributed by atoms with Crippen LogP contribution in [-0.4, -0.2) is 41.7 Å². The van der Waals surface area contributed by atoms with Gasteiger partial charge in [0.05, 0.1) is 31.1 Å². The molecule has 10 heteroatoms. The van der Waals surface area contributed by atoms with E-state index >= 15 is 0 Å². The van der Waals surface area contributed by atoms with E-state index in [1.54, 1.807) is 62.7 Å². The Morgan fingerprint density at radius 1 is 1.12 bits per heavy atom. The first-order chi connectivity index (χ1) is 16.4. The minimum atomic E-state index is -0.380. The fraction of sp³-hybridized carbons (Fsp3) is 0.250. The summed E-state index contributed by atoms with van der Waals surface area (Å²) in [7, 11) is 1.55. The van der Waals surface area contributed by atoms with Crippen molar-refractivity contribution < 1.29 is 23.9 Å². The Labute approximate surface area is 206 Å². The van der Waals surface area contributed by atoms with Gasteiger partial charge in [0.15, 0.2) is 5.13 Å². The highest BCUT2D eigenvalue weighted by Gasteiger charge is 2.17. The highest BCUT2D eigenvalue weighted by molar-refractivity contribution is 8.00. The van der Waals surface area contributed by atoms with Crippen molar-refractivity contribution in [3.05, 3.63) is 65.2 Å². The van der Waals surface area contributed by atoms with E-state index in [1.165, 1.54) is 23.1 Å². The Balaban J connectivity index is 1.51. The monoisotopic (exact) mass is 499 g/mol. The lowest BCUT2D eigenvalue weighted by Crippen LogP contribution is -2.22. The van der Waals surface area contributed by atoms with E-state index in [0.717, 1.165) is 4.90 Å². The normalized spacial score (nSPS) is 11.4. The maximum atomic E-state index is 12.5. The van der Waals surface area contributed by atoms with E-state index in [4.69, 9.17) is 9.47 Å². The number of aromatic nitrogens is 1. The number of ether oxygens (including phenoxy) is 2. The number of anilines is 2. The summed E-state index contributed by atoms with van der Waals surface area (Å²) in [4.78, 5) is 41.7. The number of nitrogens with zero attached hydrogens (tertiary/aromatic N) is 1. The molecule has 0 saturated carbocycles. The molecule has 3 aromatic rings. The number of benzene rings is 2. The van der Waals surface area contributed by atoms with Crippen molar-refractivity contribution in [2.45, 2.75) is 30.4 Å². The molecule has 1 atom stereocenters. The molecule has 1 heterocycles. The Morgan fingerprint density at radius 3 is 2.59 bits per heavy atom. The first kappa shape index (κ1) is 25.3. The van der Waals surface area contributed by atoms with Gasteiger partial charge < -0.3 is 20.1 Å². The zero-order valence-corrected chi connectivity index (χ0v) is 20.6. The largest absolute Gasteiger partial charge is 0.497 e. The topological polar surface area (TPSA) is 107 Å². The van der Waals surface area contributed by atoms with Crippen molar-refractivity contribution in [2.75, 3.05) is 24.4 Å². The Bertz CT molecular complexity index is 1150. The average molecular weight is 500 g/mol. The molecule has 0 aliphatic rings. The minimum Gasteiger partial charge on any atom is -0.497 e. The Kier molecular flexibility index (Phi) is 9.06. The molecule has 2 aromatic carbocycles. The molecule has 0 aliphatic heterocycles. The summed E-state index contributed by atoms with van der Waals surface area (Å²) >= 11 is 2.65. The van der Waals surface area contributed by atoms with Crippen molar-refractivity contribution in [2.24, 2.45) is 0 Å². The number of amides is 2. The van der Waals surface area contributed by atoms with Gasteiger partial charge in [0.25, 0.3) is 5.91 Å². The van der Waals surface area contributed by atoms with E-state index in [2.05, 4.69) is 15.6 Å². The van der Waals surface area contributed by atoms with E-state index in [-0.39, 0.29) is 29.5 Å². The first-order valence-corrected chi connectivity index (χ1v) is 12.3. The van der Waals surface area contributed by atoms with Crippen LogP contribution in [0.3, 0.4) is 0 Å². The molecule has 0 saturated heterocycles. The third-order valence-corrected chi connectivity index (χ3v) is 6.46. The summed E-state index contributed by atoms with van der Waals surface area (Å²) in [6.07, 6.45) is 0.0746. The van der Waals surface area contributed by atoms with Gasteiger partial charge in [0, 0.05) is 21.5 Å². The summed E-state index contributed by atoms with van der Waals surface area (Å²) in [5, 5.41) is 7.41. The van der Waals surface area contributed by atoms with Crippen molar-refractivity contribution in [1.29, 1.82) is 0 Å². The number of hydrogen-bond donors (Lipinski definition) is 2. The second kappa shape index (κ2) is 12.2. The molecule has 1 unspecified atom stereocenters. The van der Waals surface area contributed by atoms with Gasteiger partial charge in [0.2, 0.25) is 5.91 Å². The highest BCUT2D eigenvalue weighted by Crippen LogP contribution is 2.26. The van der Waals surface area contributed by atoms with Gasteiger partial charge in [-0.3, -0.25) is 14.4 Å². The van der Waals surface area contributed by atoms with Crippen molar-refractivity contribution in [1.82, 2.24) is 4.98 Å². The number of carbonyl (C=O) groups is 3. The van der Waals surface area contributed by atoms with Gasteiger partial charge in [-0.1, -0.05) is 6.07 Å². The van der Waals surface area contributed by atoms with Crippen LogP contribution < -0.4 is 15.4 Å². The molecule has 2 N–H and O–H groups in total. The van der Waals surface area contributed by atoms with Crippen molar-refractivity contribution >= 4 is 51.7 Å². The van der Waals surface area contributed by atoms with Gasteiger partial charge in [-0.2, -0.15) is 0 Å². The number of thiazole rings is 1. The molecule has 0 radical (unpaired) electrons. The quantitative estimate of drug-likeness (QED) is 0.309. The predicted molar refractivity (Wildman–Crippen MR) is 134 cm³/mol. The second-order valence-corrected chi connectivity index (χ2v) is 9.36. The standard InChI is InChI=1S/C24H25N3O5S2/c1-4-32-21(28)13-18-14-33-24(26-18)27-22(29)15(2)34-20-10-8-17(9-11-20)25-23(30)16-6-5-7-19(12-16)31-3/h5-12,14-15H,4,13H2,1-3H3,(H,25,30)(H,26,27,29). The molecule has 178 valence electrons. The van der Waals surface area contributed by atoms with Crippen LogP contribution in [0, 0.1) is 0 Å². The van der Waals surface area contributed by atoms with Crippen molar-refractivity contribution in [3.8, 4) is 5.75 Å². The zero-order chi connectivity index (χ0) is 24.5. The minimum absolute atomic E-state index is 0.0746. The average Bonchev–Trinajstić information content (AvgIpc) is 3.26. The van der Waals surface area contributed by atoms with E-state index in [1.807, 2.05) is 12.1 Å². The van der Waals surface area contributed by atoms with Crippen LogP contribution >= 0.6 is 23.1 Å². The molecule has 0 bridgehead atoms. The fourth-order valence-corrected chi connectivity index (χ4v) is 4.44. The van der Waals surface area contributed by atoms with Gasteiger partial charge in [0.1, 0.15) is 5.75 Å². The number of esters is 1. The van der Waals surface area contributed by atoms with E-state index in [9.17, 15) is 14.4 Å². The van der Waals surface area contributed by atoms with Gasteiger partial charge in [-0.05, 0) is 56.3 Å². The smallest absolute Gasteiger partial charge is 0.311 e. The van der Waals surface area contributed by atoms with E-state index in [0.29, 0.717) is 34.4 Å². The van der Waals surface area contributed by atoms with Crippen LogP contribution in [0.5, 0.6) is 5.75 Å². The molecular formula is C24H25N3O5S2. The molecular weight excluding hydrogens is 474 g/mol. The van der Waals surface area contributed by atoms with Crippen molar-refractivity contribution in [3.63, 3.8) is 0 Å². The molecule has 2 amide bonds. The molecule has 0 fully saturated rings. The number of rotatable bonds is 10. The summed E-state index contributed by atoms with van der Waals surface area (Å²) in [5.74, 6) is -0.173. The van der Waals surface area contributed by atoms with Crippen LogP contribution in [0.2, 0.25) is 0 Å². The second-order valence-electron chi connectivity index (χ2n) is 7.09. The zero-order valence-electron chi connectivity index (χ0n) is 19.0. The van der Waals surface area contributed by atoms with Gasteiger partial charge in [-0.25, -0.2) is 4.98 Å². The number of methoxy groups -OCH3 is 1. The number of hydrogen-bond acceptors (Lipinski definition) is 8. The maximum absolute atomic E-state index is 12.5.